The van der Waals surface area contributed by atoms with Gasteiger partial charge in [-0.15, -0.1) is 0 Å². The molecular weight excluding hydrogens is 297 g/mol. The Morgan fingerprint density at radius 1 is 1.43 bits per heavy atom. The molecule has 5 nitrogen and oxygen atoms in total. The van der Waals surface area contributed by atoms with Crippen LogP contribution in [0.15, 0.2) is 24.3 Å². The van der Waals surface area contributed by atoms with Crippen molar-refractivity contribution in [2.24, 2.45) is 0 Å². The van der Waals surface area contributed by atoms with Crippen LogP contribution in [0.2, 0.25) is 0 Å². The Morgan fingerprint density at radius 2 is 2.10 bits per heavy atom. The second kappa shape index (κ2) is 6.53. The number of ether oxygens (including phenoxy) is 1. The molecule has 1 aliphatic heterocycles. The highest BCUT2D eigenvalue weighted by Gasteiger charge is 2.32. The molecule has 2 atom stereocenters. The molecule has 0 aliphatic carbocycles. The molecule has 1 fully saturated rings. The SMILES string of the molecule is C[C@H](C(=O)Nc1ccc(F)cc1)S(=O)(=O)C[C@@H]1CCCO1. The highest BCUT2D eigenvalue weighted by molar-refractivity contribution is 7.92. The number of benzene rings is 1. The molecule has 0 saturated carbocycles. The highest BCUT2D eigenvalue weighted by Crippen LogP contribution is 2.17. The largest absolute Gasteiger partial charge is 0.377 e. The first-order valence-corrected chi connectivity index (χ1v) is 8.49. The number of rotatable bonds is 5. The van der Waals surface area contributed by atoms with Crippen LogP contribution in [0.1, 0.15) is 19.8 Å². The predicted octanol–water partition coefficient (Wildman–Crippen LogP) is 1.75. The minimum atomic E-state index is -3.58. The van der Waals surface area contributed by atoms with E-state index < -0.39 is 26.8 Å². The molecule has 0 bridgehead atoms. The van der Waals surface area contributed by atoms with E-state index in [2.05, 4.69) is 5.32 Å². The maximum atomic E-state index is 12.8. The van der Waals surface area contributed by atoms with E-state index in [-0.39, 0.29) is 11.9 Å². The number of carbonyl (C=O) groups excluding carboxylic acids is 1. The van der Waals surface area contributed by atoms with E-state index in [0.717, 1.165) is 6.42 Å². The summed E-state index contributed by atoms with van der Waals surface area (Å²) in [5, 5.41) is 1.30. The molecule has 1 amide bonds. The lowest BCUT2D eigenvalue weighted by atomic mass is 10.3. The Morgan fingerprint density at radius 3 is 2.67 bits per heavy atom. The topological polar surface area (TPSA) is 72.5 Å². The molecule has 1 heterocycles. The van der Waals surface area contributed by atoms with Crippen LogP contribution in [0, 0.1) is 5.82 Å². The van der Waals surface area contributed by atoms with E-state index >= 15 is 0 Å². The van der Waals surface area contributed by atoms with Gasteiger partial charge < -0.3 is 10.1 Å². The Labute approximate surface area is 123 Å². The number of nitrogens with one attached hydrogen (secondary N) is 1. The minimum Gasteiger partial charge on any atom is -0.377 e. The van der Waals surface area contributed by atoms with Gasteiger partial charge in [0.1, 0.15) is 11.1 Å². The van der Waals surface area contributed by atoms with Gasteiger partial charge in [-0.2, -0.15) is 0 Å². The molecule has 0 aromatic heterocycles. The van der Waals surface area contributed by atoms with Gasteiger partial charge >= 0.3 is 0 Å². The monoisotopic (exact) mass is 315 g/mol. The fraction of sp³-hybridized carbons (Fsp3) is 0.500. The molecule has 1 saturated heterocycles. The molecular formula is C14H18FNO4S. The van der Waals surface area contributed by atoms with Crippen molar-refractivity contribution in [2.45, 2.75) is 31.1 Å². The Kier molecular flexibility index (Phi) is 4.95. The maximum Gasteiger partial charge on any atom is 0.242 e. The van der Waals surface area contributed by atoms with Gasteiger partial charge in [-0.05, 0) is 44.0 Å². The minimum absolute atomic E-state index is 0.148. The summed E-state index contributed by atoms with van der Waals surface area (Å²) in [6.07, 6.45) is 1.22. The number of hydrogen-bond acceptors (Lipinski definition) is 4. The highest BCUT2D eigenvalue weighted by atomic mass is 32.2. The zero-order valence-corrected chi connectivity index (χ0v) is 12.5. The third kappa shape index (κ3) is 4.25. The molecule has 7 heteroatoms. The molecule has 0 unspecified atom stereocenters. The molecule has 1 aromatic carbocycles. The molecule has 1 aromatic rings. The summed E-state index contributed by atoms with van der Waals surface area (Å²) in [5.74, 6) is -1.20. The zero-order chi connectivity index (χ0) is 15.5. The van der Waals surface area contributed by atoms with Gasteiger partial charge in [-0.1, -0.05) is 0 Å². The van der Waals surface area contributed by atoms with E-state index in [1.54, 1.807) is 0 Å². The summed E-state index contributed by atoms with van der Waals surface area (Å²) >= 11 is 0. The molecule has 1 N–H and O–H groups in total. The summed E-state index contributed by atoms with van der Waals surface area (Å²) in [4.78, 5) is 12.0. The zero-order valence-electron chi connectivity index (χ0n) is 11.7. The number of halogens is 1. The normalized spacial score (nSPS) is 20.2. The van der Waals surface area contributed by atoms with Gasteiger partial charge in [0.2, 0.25) is 5.91 Å². The molecule has 0 spiro atoms. The summed E-state index contributed by atoms with van der Waals surface area (Å²) in [5.41, 5.74) is 0.362. The van der Waals surface area contributed by atoms with Gasteiger partial charge in [0.25, 0.3) is 0 Å². The maximum absolute atomic E-state index is 12.8. The van der Waals surface area contributed by atoms with Crippen molar-refractivity contribution in [1.82, 2.24) is 0 Å². The van der Waals surface area contributed by atoms with Crippen LogP contribution in [-0.4, -0.2) is 38.0 Å². The van der Waals surface area contributed by atoms with E-state index in [9.17, 15) is 17.6 Å². The van der Waals surface area contributed by atoms with Gasteiger partial charge in [0.05, 0.1) is 11.9 Å². The third-order valence-electron chi connectivity index (χ3n) is 3.46. The van der Waals surface area contributed by atoms with Gasteiger partial charge in [-0.3, -0.25) is 4.79 Å². The Bertz CT molecular complexity index is 594. The van der Waals surface area contributed by atoms with Crippen LogP contribution in [0.3, 0.4) is 0 Å². The van der Waals surface area contributed by atoms with E-state index in [4.69, 9.17) is 4.74 Å². The van der Waals surface area contributed by atoms with Crippen molar-refractivity contribution >= 4 is 21.4 Å². The first-order chi connectivity index (χ1) is 9.88. The number of hydrogen-bond donors (Lipinski definition) is 1. The van der Waals surface area contributed by atoms with Gasteiger partial charge in [-0.25, -0.2) is 12.8 Å². The van der Waals surface area contributed by atoms with Crippen molar-refractivity contribution in [3.05, 3.63) is 30.1 Å². The summed E-state index contributed by atoms with van der Waals surface area (Å²) in [6.45, 7) is 1.92. The summed E-state index contributed by atoms with van der Waals surface area (Å²) < 4.78 is 42.4. The fourth-order valence-electron chi connectivity index (χ4n) is 2.12. The van der Waals surface area contributed by atoms with Crippen LogP contribution < -0.4 is 5.32 Å². The van der Waals surface area contributed by atoms with Crippen molar-refractivity contribution in [3.63, 3.8) is 0 Å². The number of amides is 1. The number of sulfone groups is 1. The van der Waals surface area contributed by atoms with Crippen LogP contribution in [0.4, 0.5) is 10.1 Å². The number of anilines is 1. The molecule has 116 valence electrons. The van der Waals surface area contributed by atoms with Crippen molar-refractivity contribution in [2.75, 3.05) is 17.7 Å². The Hall–Kier alpha value is -1.47. The van der Waals surface area contributed by atoms with Gasteiger partial charge in [0.15, 0.2) is 9.84 Å². The lowest BCUT2D eigenvalue weighted by molar-refractivity contribution is -0.115. The second-order valence-corrected chi connectivity index (χ2v) is 7.47. The van der Waals surface area contributed by atoms with E-state index in [1.165, 1.54) is 31.2 Å². The summed E-state index contributed by atoms with van der Waals surface area (Å²) in [6, 6.07) is 5.15. The molecule has 21 heavy (non-hydrogen) atoms. The van der Waals surface area contributed by atoms with Crippen LogP contribution in [0.5, 0.6) is 0 Å². The number of carbonyl (C=O) groups is 1. The van der Waals surface area contributed by atoms with Crippen molar-refractivity contribution in [1.29, 1.82) is 0 Å². The van der Waals surface area contributed by atoms with E-state index in [1.807, 2.05) is 0 Å². The predicted molar refractivity (Wildman–Crippen MR) is 77.3 cm³/mol. The quantitative estimate of drug-likeness (QED) is 0.898. The fourth-order valence-corrected chi connectivity index (χ4v) is 3.57. The van der Waals surface area contributed by atoms with Crippen molar-refractivity contribution < 1.29 is 22.3 Å². The second-order valence-electron chi connectivity index (χ2n) is 5.10. The van der Waals surface area contributed by atoms with Crippen LogP contribution in [-0.2, 0) is 19.4 Å². The lowest BCUT2D eigenvalue weighted by Crippen LogP contribution is -2.37. The molecule has 0 radical (unpaired) electrons. The smallest absolute Gasteiger partial charge is 0.242 e. The first kappa shape index (κ1) is 15.9. The molecule has 2 rings (SSSR count). The third-order valence-corrected chi connectivity index (χ3v) is 5.59. The van der Waals surface area contributed by atoms with Crippen LogP contribution >= 0.6 is 0 Å². The lowest BCUT2D eigenvalue weighted by Gasteiger charge is -2.16. The first-order valence-electron chi connectivity index (χ1n) is 6.78. The average Bonchev–Trinajstić information content (AvgIpc) is 2.92. The standard InChI is InChI=1S/C14H18FNO4S/c1-10(21(18,19)9-13-3-2-8-20-13)14(17)16-12-6-4-11(15)5-7-12/h4-7,10,13H,2-3,8-9H2,1H3,(H,16,17)/t10-,13+/m1/s1. The van der Waals surface area contributed by atoms with E-state index in [0.29, 0.717) is 18.7 Å². The van der Waals surface area contributed by atoms with Crippen molar-refractivity contribution in [3.8, 4) is 0 Å². The Balaban J connectivity index is 1.98. The van der Waals surface area contributed by atoms with Gasteiger partial charge in [0, 0.05) is 12.3 Å². The molecule has 1 aliphatic rings. The summed E-state index contributed by atoms with van der Waals surface area (Å²) in [7, 11) is -3.58. The average molecular weight is 315 g/mol. The van der Waals surface area contributed by atoms with Crippen LogP contribution in [0.25, 0.3) is 0 Å².